The molecule has 0 radical (unpaired) electrons. The Morgan fingerprint density at radius 1 is 1.50 bits per heavy atom. The molecule has 0 spiro atoms. The van der Waals surface area contributed by atoms with Gasteiger partial charge in [0.2, 0.25) is 5.88 Å². The Hall–Kier alpha value is -2.34. The fourth-order valence-corrected chi connectivity index (χ4v) is 2.64. The molecule has 6 heteroatoms. The van der Waals surface area contributed by atoms with E-state index in [2.05, 4.69) is 15.2 Å². The molecule has 22 heavy (non-hydrogen) atoms. The summed E-state index contributed by atoms with van der Waals surface area (Å²) in [4.78, 5) is 18.5. The number of hydrogen-bond acceptors (Lipinski definition) is 5. The number of amides is 1. The first-order valence-corrected chi connectivity index (χ1v) is 7.29. The van der Waals surface area contributed by atoms with Crippen LogP contribution in [0.15, 0.2) is 41.3 Å². The van der Waals surface area contributed by atoms with Crippen LogP contribution in [0.1, 0.15) is 22.3 Å². The van der Waals surface area contributed by atoms with Gasteiger partial charge in [0, 0.05) is 37.9 Å². The number of furan rings is 1. The number of hydrogen-bond donors (Lipinski definition) is 1. The van der Waals surface area contributed by atoms with Gasteiger partial charge in [-0.3, -0.25) is 9.69 Å². The third-order valence-electron chi connectivity index (χ3n) is 3.80. The Morgan fingerprint density at radius 2 is 2.41 bits per heavy atom. The summed E-state index contributed by atoms with van der Waals surface area (Å²) in [5, 5.41) is 3.04. The van der Waals surface area contributed by atoms with E-state index >= 15 is 0 Å². The van der Waals surface area contributed by atoms with Crippen molar-refractivity contribution in [2.24, 2.45) is 0 Å². The van der Waals surface area contributed by atoms with Gasteiger partial charge >= 0.3 is 0 Å². The van der Waals surface area contributed by atoms with Gasteiger partial charge in [0.05, 0.1) is 18.9 Å². The molecule has 6 nitrogen and oxygen atoms in total. The molecule has 1 N–H and O–H groups in total. The summed E-state index contributed by atoms with van der Waals surface area (Å²) in [5.41, 5.74) is 1.71. The molecule has 2 aromatic heterocycles. The zero-order valence-electron chi connectivity index (χ0n) is 12.5. The normalized spacial score (nSPS) is 18.3. The van der Waals surface area contributed by atoms with Gasteiger partial charge in [-0.05, 0) is 18.1 Å². The molecule has 1 aliphatic heterocycles. The summed E-state index contributed by atoms with van der Waals surface area (Å²) >= 11 is 0. The van der Waals surface area contributed by atoms with Crippen molar-refractivity contribution < 1.29 is 13.9 Å². The van der Waals surface area contributed by atoms with Gasteiger partial charge in [0.15, 0.2) is 0 Å². The highest BCUT2D eigenvalue weighted by Gasteiger charge is 2.24. The number of aromatic nitrogens is 1. The van der Waals surface area contributed by atoms with E-state index in [1.807, 2.05) is 18.3 Å². The topological polar surface area (TPSA) is 67.6 Å². The number of rotatable bonds is 5. The zero-order valence-corrected chi connectivity index (χ0v) is 12.5. The Bertz CT molecular complexity index is 610. The van der Waals surface area contributed by atoms with Gasteiger partial charge in [-0.25, -0.2) is 4.98 Å². The molecule has 1 amide bonds. The van der Waals surface area contributed by atoms with Crippen LogP contribution in [0.5, 0.6) is 5.88 Å². The van der Waals surface area contributed by atoms with E-state index in [0.29, 0.717) is 11.4 Å². The van der Waals surface area contributed by atoms with Crippen molar-refractivity contribution in [3.63, 3.8) is 0 Å². The van der Waals surface area contributed by atoms with Crippen LogP contribution in [-0.4, -0.2) is 42.0 Å². The van der Waals surface area contributed by atoms with Gasteiger partial charge in [0.1, 0.15) is 6.26 Å². The van der Waals surface area contributed by atoms with Crippen LogP contribution >= 0.6 is 0 Å². The lowest BCUT2D eigenvalue weighted by Gasteiger charge is -2.16. The minimum absolute atomic E-state index is 0.0771. The molecule has 0 aliphatic carbocycles. The van der Waals surface area contributed by atoms with Crippen LogP contribution in [0.3, 0.4) is 0 Å². The first kappa shape index (κ1) is 14.6. The number of likely N-dealkylation sites (tertiary alicyclic amines) is 1. The van der Waals surface area contributed by atoms with E-state index in [9.17, 15) is 4.79 Å². The summed E-state index contributed by atoms with van der Waals surface area (Å²) < 4.78 is 9.99. The van der Waals surface area contributed by atoms with Gasteiger partial charge < -0.3 is 14.5 Å². The smallest absolute Gasteiger partial charge is 0.254 e. The average molecular weight is 301 g/mol. The molecule has 1 saturated heterocycles. The highest BCUT2D eigenvalue weighted by atomic mass is 16.5. The number of methoxy groups -OCH3 is 1. The third kappa shape index (κ3) is 3.46. The molecule has 3 heterocycles. The first-order valence-electron chi connectivity index (χ1n) is 7.29. The largest absolute Gasteiger partial charge is 0.481 e. The first-order chi connectivity index (χ1) is 10.7. The van der Waals surface area contributed by atoms with Gasteiger partial charge in [-0.1, -0.05) is 6.07 Å². The van der Waals surface area contributed by atoms with Gasteiger partial charge in [-0.2, -0.15) is 0 Å². The van der Waals surface area contributed by atoms with E-state index in [4.69, 9.17) is 9.15 Å². The van der Waals surface area contributed by atoms with Gasteiger partial charge in [0.25, 0.3) is 5.91 Å². The standard InChI is InChI=1S/C16H19N3O3/c1-21-15-3-2-12(8-17-15)9-19-6-4-14(10-19)18-16(20)13-5-7-22-11-13/h2-3,5,7-8,11,14H,4,6,9-10H2,1H3,(H,18,20)/t14-/m0/s1. The SMILES string of the molecule is COc1ccc(CN2CC[C@H](NC(=O)c3ccoc3)C2)cn1. The average Bonchev–Trinajstić information content (AvgIpc) is 3.20. The van der Waals surface area contributed by atoms with E-state index < -0.39 is 0 Å². The van der Waals surface area contributed by atoms with Crippen LogP contribution in [0, 0.1) is 0 Å². The second-order valence-electron chi connectivity index (χ2n) is 5.42. The molecule has 1 fully saturated rings. The predicted molar refractivity (Wildman–Crippen MR) is 80.6 cm³/mol. The van der Waals surface area contributed by atoms with Crippen molar-refractivity contribution in [1.82, 2.24) is 15.2 Å². The number of carbonyl (C=O) groups excluding carboxylic acids is 1. The predicted octanol–water partition coefficient (Wildman–Crippen LogP) is 1.69. The van der Waals surface area contributed by atoms with E-state index in [-0.39, 0.29) is 11.9 Å². The number of carbonyl (C=O) groups is 1. The molecule has 0 unspecified atom stereocenters. The van der Waals surface area contributed by atoms with Crippen molar-refractivity contribution >= 4 is 5.91 Å². The second kappa shape index (κ2) is 6.62. The number of ether oxygens (including phenoxy) is 1. The summed E-state index contributed by atoms with van der Waals surface area (Å²) in [6.45, 7) is 2.63. The van der Waals surface area contributed by atoms with Crippen LogP contribution in [0.2, 0.25) is 0 Å². The minimum atomic E-state index is -0.0771. The molecule has 1 atom stereocenters. The molecule has 0 bridgehead atoms. The Labute approximate surface area is 129 Å². The molecular formula is C16H19N3O3. The Morgan fingerprint density at radius 3 is 3.09 bits per heavy atom. The summed E-state index contributed by atoms with van der Waals surface area (Å²) in [5.74, 6) is 0.544. The van der Waals surface area contributed by atoms with Crippen molar-refractivity contribution in [2.75, 3.05) is 20.2 Å². The molecule has 116 valence electrons. The van der Waals surface area contributed by atoms with Crippen molar-refractivity contribution in [1.29, 1.82) is 0 Å². The molecule has 0 aromatic carbocycles. The summed E-state index contributed by atoms with van der Waals surface area (Å²) in [7, 11) is 1.61. The highest BCUT2D eigenvalue weighted by Crippen LogP contribution is 2.15. The number of pyridine rings is 1. The van der Waals surface area contributed by atoms with Crippen molar-refractivity contribution in [3.05, 3.63) is 48.0 Å². The monoisotopic (exact) mass is 301 g/mol. The highest BCUT2D eigenvalue weighted by molar-refractivity contribution is 5.93. The lowest BCUT2D eigenvalue weighted by atomic mass is 10.2. The maximum Gasteiger partial charge on any atom is 0.254 e. The van der Waals surface area contributed by atoms with E-state index in [1.165, 1.54) is 12.5 Å². The van der Waals surface area contributed by atoms with Crippen LogP contribution in [-0.2, 0) is 6.54 Å². The number of nitrogens with zero attached hydrogens (tertiary/aromatic N) is 2. The van der Waals surface area contributed by atoms with Crippen molar-refractivity contribution in [2.45, 2.75) is 19.0 Å². The maximum absolute atomic E-state index is 12.0. The van der Waals surface area contributed by atoms with Crippen LogP contribution in [0.4, 0.5) is 0 Å². The van der Waals surface area contributed by atoms with Gasteiger partial charge in [-0.15, -0.1) is 0 Å². The van der Waals surface area contributed by atoms with Crippen LogP contribution < -0.4 is 10.1 Å². The zero-order chi connectivity index (χ0) is 15.4. The maximum atomic E-state index is 12.0. The molecule has 1 aliphatic rings. The lowest BCUT2D eigenvalue weighted by Crippen LogP contribution is -2.36. The fourth-order valence-electron chi connectivity index (χ4n) is 2.64. The second-order valence-corrected chi connectivity index (χ2v) is 5.42. The Kier molecular flexibility index (Phi) is 4.39. The third-order valence-corrected chi connectivity index (χ3v) is 3.80. The van der Waals surface area contributed by atoms with E-state index in [0.717, 1.165) is 31.6 Å². The molecule has 2 aromatic rings. The number of nitrogens with one attached hydrogen (secondary N) is 1. The van der Waals surface area contributed by atoms with Crippen LogP contribution in [0.25, 0.3) is 0 Å². The van der Waals surface area contributed by atoms with Crippen molar-refractivity contribution in [3.8, 4) is 5.88 Å². The molecule has 3 rings (SSSR count). The Balaban J connectivity index is 1.50. The quantitative estimate of drug-likeness (QED) is 0.910. The summed E-state index contributed by atoms with van der Waals surface area (Å²) in [6, 6.07) is 5.73. The minimum Gasteiger partial charge on any atom is -0.481 e. The van der Waals surface area contributed by atoms with E-state index in [1.54, 1.807) is 13.2 Å². The molecular weight excluding hydrogens is 282 g/mol. The summed E-state index contributed by atoms with van der Waals surface area (Å²) in [6.07, 6.45) is 5.75. The molecule has 0 saturated carbocycles. The lowest BCUT2D eigenvalue weighted by molar-refractivity contribution is 0.0937. The fraction of sp³-hybridized carbons (Fsp3) is 0.375.